The smallest absolute Gasteiger partial charge is 0.253 e. The molecule has 0 amide bonds. The van der Waals surface area contributed by atoms with Crippen molar-refractivity contribution in [2.45, 2.75) is 57.2 Å². The first-order valence-electron chi connectivity index (χ1n) is 13.7. The van der Waals surface area contributed by atoms with Crippen LogP contribution < -0.4 is 5.56 Å². The molecule has 1 aliphatic heterocycles. The minimum absolute atomic E-state index is 0.00236. The standard InChI is InChI=1S/C31H33ClN4O3/c1-20-14-23(18-36(2)29(20)37)22-10-11-26-25(15-22)28(35-30(32)34-26)31(16-21-8-9-21,24-6-5-12-33-17-24)19-39-27-7-3-4-13-38-27/h5-6,10-12,14-15,17-18,21,27H,3-4,7-9,13,16,19H2,1-2H3. The summed E-state index contributed by atoms with van der Waals surface area (Å²) < 4.78 is 14.1. The van der Waals surface area contributed by atoms with Gasteiger partial charge in [0.25, 0.3) is 5.56 Å². The molecule has 0 spiro atoms. The summed E-state index contributed by atoms with van der Waals surface area (Å²) in [7, 11) is 1.78. The summed E-state index contributed by atoms with van der Waals surface area (Å²) in [5.41, 5.74) is 4.71. The van der Waals surface area contributed by atoms with E-state index in [0.29, 0.717) is 18.1 Å². The van der Waals surface area contributed by atoms with Gasteiger partial charge in [-0.3, -0.25) is 9.78 Å². The first-order chi connectivity index (χ1) is 18.9. The maximum atomic E-state index is 12.4. The van der Waals surface area contributed by atoms with Crippen LogP contribution >= 0.6 is 11.6 Å². The Morgan fingerprint density at radius 3 is 2.72 bits per heavy atom. The molecule has 0 bridgehead atoms. The summed E-state index contributed by atoms with van der Waals surface area (Å²) in [6, 6.07) is 12.1. The SMILES string of the molecule is Cc1cc(-c2ccc3nc(Cl)nc(C(COC4CCCCO4)(CC4CC4)c4cccnc4)c3c2)cn(C)c1=O. The number of hydrogen-bond donors (Lipinski definition) is 0. The first kappa shape index (κ1) is 26.1. The molecule has 2 unspecified atom stereocenters. The van der Waals surface area contributed by atoms with Crippen molar-refractivity contribution in [3.63, 3.8) is 0 Å². The Balaban J connectivity index is 1.54. The third-order valence-corrected chi connectivity index (χ3v) is 8.19. The van der Waals surface area contributed by atoms with Crippen LogP contribution in [0.3, 0.4) is 0 Å². The van der Waals surface area contributed by atoms with Crippen molar-refractivity contribution in [1.82, 2.24) is 19.5 Å². The van der Waals surface area contributed by atoms with Crippen molar-refractivity contribution in [3.8, 4) is 11.1 Å². The molecule has 4 heterocycles. The van der Waals surface area contributed by atoms with Crippen molar-refractivity contribution in [2.75, 3.05) is 13.2 Å². The normalized spacial score (nSPS) is 19.2. The number of aryl methyl sites for hydroxylation is 2. The van der Waals surface area contributed by atoms with Crippen molar-refractivity contribution >= 4 is 22.5 Å². The summed E-state index contributed by atoms with van der Waals surface area (Å²) in [6.07, 6.45) is 11.6. The molecular weight excluding hydrogens is 512 g/mol. The van der Waals surface area contributed by atoms with Gasteiger partial charge in [0.15, 0.2) is 6.29 Å². The van der Waals surface area contributed by atoms with Gasteiger partial charge in [-0.05, 0) is 91.1 Å². The van der Waals surface area contributed by atoms with Crippen LogP contribution in [0.2, 0.25) is 5.28 Å². The summed E-state index contributed by atoms with van der Waals surface area (Å²) in [5.74, 6) is 0.569. The number of pyridine rings is 2. The van der Waals surface area contributed by atoms with Crippen LogP contribution in [0.25, 0.3) is 22.0 Å². The Labute approximate surface area is 233 Å². The molecular formula is C31H33ClN4O3. The van der Waals surface area contributed by atoms with Gasteiger partial charge in [-0.1, -0.05) is 25.0 Å². The molecule has 1 aliphatic carbocycles. The number of aromatic nitrogens is 4. The quantitative estimate of drug-likeness (QED) is 0.254. The molecule has 202 valence electrons. The van der Waals surface area contributed by atoms with Gasteiger partial charge in [0.2, 0.25) is 5.28 Å². The van der Waals surface area contributed by atoms with Gasteiger partial charge < -0.3 is 14.0 Å². The molecule has 1 saturated carbocycles. The highest BCUT2D eigenvalue weighted by Crippen LogP contribution is 2.47. The summed E-state index contributed by atoms with van der Waals surface area (Å²) >= 11 is 6.59. The number of nitrogens with zero attached hydrogens (tertiary/aromatic N) is 4. The second kappa shape index (κ2) is 10.8. The highest BCUT2D eigenvalue weighted by molar-refractivity contribution is 6.28. The highest BCUT2D eigenvalue weighted by atomic mass is 35.5. The molecule has 39 heavy (non-hydrogen) atoms. The molecule has 6 rings (SSSR count). The summed E-state index contributed by atoms with van der Waals surface area (Å²) in [6.45, 7) is 2.97. The van der Waals surface area contributed by atoms with Crippen LogP contribution in [0.4, 0.5) is 0 Å². The molecule has 1 saturated heterocycles. The van der Waals surface area contributed by atoms with Gasteiger partial charge >= 0.3 is 0 Å². The Kier molecular flexibility index (Phi) is 7.23. The Hall–Kier alpha value is -3.13. The Bertz CT molecular complexity index is 1520. The third kappa shape index (κ3) is 5.36. The van der Waals surface area contributed by atoms with Crippen molar-refractivity contribution in [1.29, 1.82) is 0 Å². The average Bonchev–Trinajstić information content (AvgIpc) is 3.78. The largest absolute Gasteiger partial charge is 0.353 e. The zero-order valence-electron chi connectivity index (χ0n) is 22.4. The first-order valence-corrected chi connectivity index (χ1v) is 14.1. The number of rotatable bonds is 8. The average molecular weight is 545 g/mol. The van der Waals surface area contributed by atoms with E-state index in [2.05, 4.69) is 22.1 Å². The molecule has 0 N–H and O–H groups in total. The van der Waals surface area contributed by atoms with Gasteiger partial charge in [-0.2, -0.15) is 0 Å². The van der Waals surface area contributed by atoms with E-state index in [9.17, 15) is 4.79 Å². The van der Waals surface area contributed by atoms with Crippen LogP contribution in [0.1, 0.15) is 55.3 Å². The molecule has 4 aromatic rings. The minimum Gasteiger partial charge on any atom is -0.353 e. The van der Waals surface area contributed by atoms with Gasteiger partial charge in [0.05, 0.1) is 23.2 Å². The lowest BCUT2D eigenvalue weighted by Crippen LogP contribution is -2.38. The van der Waals surface area contributed by atoms with Crippen LogP contribution in [0, 0.1) is 12.8 Å². The Morgan fingerprint density at radius 1 is 1.13 bits per heavy atom. The van der Waals surface area contributed by atoms with Gasteiger partial charge in [0.1, 0.15) is 0 Å². The van der Waals surface area contributed by atoms with Crippen LogP contribution in [0.5, 0.6) is 0 Å². The van der Waals surface area contributed by atoms with Crippen LogP contribution in [0.15, 0.2) is 59.8 Å². The second-order valence-electron chi connectivity index (χ2n) is 11.0. The van der Waals surface area contributed by atoms with E-state index in [0.717, 1.165) is 65.6 Å². The zero-order valence-corrected chi connectivity index (χ0v) is 23.2. The molecule has 2 fully saturated rings. The topological polar surface area (TPSA) is 79.1 Å². The van der Waals surface area contributed by atoms with E-state index in [4.69, 9.17) is 26.1 Å². The lowest BCUT2D eigenvalue weighted by atomic mass is 9.73. The maximum Gasteiger partial charge on any atom is 0.253 e. The molecule has 0 radical (unpaired) electrons. The number of fused-ring (bicyclic) bond motifs is 1. The lowest BCUT2D eigenvalue weighted by molar-refractivity contribution is -0.170. The lowest BCUT2D eigenvalue weighted by Gasteiger charge is -2.36. The number of halogens is 1. The van der Waals surface area contributed by atoms with E-state index in [1.807, 2.05) is 43.6 Å². The van der Waals surface area contributed by atoms with Crippen molar-refractivity contribution in [2.24, 2.45) is 13.0 Å². The predicted octanol–water partition coefficient (Wildman–Crippen LogP) is 5.98. The van der Waals surface area contributed by atoms with Gasteiger partial charge in [-0.15, -0.1) is 0 Å². The molecule has 2 atom stereocenters. The number of benzene rings is 1. The molecule has 1 aromatic carbocycles. The fourth-order valence-corrected chi connectivity index (χ4v) is 5.96. The van der Waals surface area contributed by atoms with Crippen LogP contribution in [-0.2, 0) is 21.9 Å². The fourth-order valence-electron chi connectivity index (χ4n) is 5.78. The van der Waals surface area contributed by atoms with E-state index >= 15 is 0 Å². The predicted molar refractivity (Wildman–Crippen MR) is 152 cm³/mol. The van der Waals surface area contributed by atoms with E-state index in [1.54, 1.807) is 17.8 Å². The van der Waals surface area contributed by atoms with E-state index in [1.165, 1.54) is 12.8 Å². The van der Waals surface area contributed by atoms with Crippen molar-refractivity contribution < 1.29 is 9.47 Å². The molecule has 2 aliphatic rings. The third-order valence-electron chi connectivity index (χ3n) is 8.02. The zero-order chi connectivity index (χ0) is 27.0. The van der Waals surface area contributed by atoms with Gasteiger partial charge in [0, 0.05) is 43.2 Å². The van der Waals surface area contributed by atoms with E-state index < -0.39 is 5.41 Å². The Morgan fingerprint density at radius 2 is 2.00 bits per heavy atom. The monoisotopic (exact) mass is 544 g/mol. The summed E-state index contributed by atoms with van der Waals surface area (Å²) in [5, 5.41) is 1.13. The van der Waals surface area contributed by atoms with Crippen LogP contribution in [-0.4, -0.2) is 39.0 Å². The minimum atomic E-state index is -0.584. The second-order valence-corrected chi connectivity index (χ2v) is 11.3. The van der Waals surface area contributed by atoms with E-state index in [-0.39, 0.29) is 17.1 Å². The summed E-state index contributed by atoms with van der Waals surface area (Å²) in [4.78, 5) is 26.4. The molecule has 7 nitrogen and oxygen atoms in total. The number of hydrogen-bond acceptors (Lipinski definition) is 6. The fraction of sp³-hybridized carbons (Fsp3) is 0.419. The maximum absolute atomic E-state index is 12.4. The highest BCUT2D eigenvalue weighted by Gasteiger charge is 2.44. The number of ether oxygens (including phenoxy) is 2. The van der Waals surface area contributed by atoms with Crippen molar-refractivity contribution in [3.05, 3.63) is 87.4 Å². The molecule has 3 aromatic heterocycles. The molecule has 8 heteroatoms. The van der Waals surface area contributed by atoms with Gasteiger partial charge in [-0.25, -0.2) is 9.97 Å².